The SMILES string of the molecule is CCNC(=NCC1CCCN(C(C)C)C1)N(C)CCOc1ccccc1. The number of ether oxygens (including phenoxy) is 1. The molecule has 0 amide bonds. The summed E-state index contributed by atoms with van der Waals surface area (Å²) in [5, 5.41) is 3.41. The molecule has 1 aromatic carbocycles. The number of hydrogen-bond donors (Lipinski definition) is 1. The van der Waals surface area contributed by atoms with E-state index in [4.69, 9.17) is 9.73 Å². The van der Waals surface area contributed by atoms with Gasteiger partial charge < -0.3 is 19.9 Å². The molecule has 0 saturated carbocycles. The Morgan fingerprint density at radius 1 is 1.35 bits per heavy atom. The van der Waals surface area contributed by atoms with Crippen LogP contribution in [0.15, 0.2) is 35.3 Å². The summed E-state index contributed by atoms with van der Waals surface area (Å²) in [6, 6.07) is 10.6. The summed E-state index contributed by atoms with van der Waals surface area (Å²) in [6.45, 7) is 12.3. The number of aliphatic imine (C=N–C) groups is 1. The average Bonchev–Trinajstić information content (AvgIpc) is 2.66. The van der Waals surface area contributed by atoms with Crippen molar-refractivity contribution < 1.29 is 4.74 Å². The number of guanidine groups is 1. The van der Waals surface area contributed by atoms with Crippen molar-refractivity contribution in [2.45, 2.75) is 39.7 Å². The highest BCUT2D eigenvalue weighted by Gasteiger charge is 2.21. The second-order valence-corrected chi connectivity index (χ2v) is 7.37. The number of nitrogens with zero attached hydrogens (tertiary/aromatic N) is 3. The highest BCUT2D eigenvalue weighted by Crippen LogP contribution is 2.18. The van der Waals surface area contributed by atoms with E-state index in [1.807, 2.05) is 30.3 Å². The highest BCUT2D eigenvalue weighted by atomic mass is 16.5. The van der Waals surface area contributed by atoms with Crippen LogP contribution >= 0.6 is 0 Å². The molecule has 1 atom stereocenters. The number of para-hydroxylation sites is 1. The van der Waals surface area contributed by atoms with Crippen LogP contribution in [0.25, 0.3) is 0 Å². The van der Waals surface area contributed by atoms with Gasteiger partial charge in [-0.2, -0.15) is 0 Å². The standard InChI is InChI=1S/C21H36N4O/c1-5-22-21(23-16-19-10-9-13-25(17-19)18(2)3)24(4)14-15-26-20-11-7-6-8-12-20/h6-8,11-12,18-19H,5,9-10,13-17H2,1-4H3,(H,22,23). The van der Waals surface area contributed by atoms with Gasteiger partial charge >= 0.3 is 0 Å². The van der Waals surface area contributed by atoms with Gasteiger partial charge in [0.05, 0.1) is 6.54 Å². The van der Waals surface area contributed by atoms with Crippen LogP contribution in [0.4, 0.5) is 0 Å². The number of likely N-dealkylation sites (N-methyl/N-ethyl adjacent to an activating group) is 1. The zero-order valence-corrected chi connectivity index (χ0v) is 16.9. The van der Waals surface area contributed by atoms with Gasteiger partial charge in [0.15, 0.2) is 5.96 Å². The molecule has 0 aliphatic carbocycles. The van der Waals surface area contributed by atoms with E-state index in [-0.39, 0.29) is 0 Å². The maximum absolute atomic E-state index is 5.81. The Balaban J connectivity index is 1.82. The van der Waals surface area contributed by atoms with Crippen LogP contribution in [0.3, 0.4) is 0 Å². The molecule has 26 heavy (non-hydrogen) atoms. The Hall–Kier alpha value is -1.75. The van der Waals surface area contributed by atoms with E-state index in [1.54, 1.807) is 0 Å². The van der Waals surface area contributed by atoms with Gasteiger partial charge in [-0.05, 0) is 58.2 Å². The van der Waals surface area contributed by atoms with Gasteiger partial charge in [-0.3, -0.25) is 4.99 Å². The van der Waals surface area contributed by atoms with Gasteiger partial charge in [-0.25, -0.2) is 0 Å². The first-order valence-electron chi connectivity index (χ1n) is 10.0. The summed E-state index contributed by atoms with van der Waals surface area (Å²) in [4.78, 5) is 9.65. The molecule has 1 heterocycles. The van der Waals surface area contributed by atoms with Gasteiger partial charge in [0.25, 0.3) is 0 Å². The molecule has 1 aliphatic rings. The van der Waals surface area contributed by atoms with Gasteiger partial charge in [0.1, 0.15) is 12.4 Å². The zero-order valence-electron chi connectivity index (χ0n) is 16.9. The molecule has 1 fully saturated rings. The van der Waals surface area contributed by atoms with Crippen LogP contribution in [-0.4, -0.2) is 68.2 Å². The molecule has 1 unspecified atom stereocenters. The Morgan fingerprint density at radius 3 is 2.81 bits per heavy atom. The smallest absolute Gasteiger partial charge is 0.193 e. The molecule has 5 heteroatoms. The molecule has 1 aromatic rings. The predicted octanol–water partition coefficient (Wildman–Crippen LogP) is 3.08. The van der Waals surface area contributed by atoms with Crippen molar-refractivity contribution in [3.05, 3.63) is 30.3 Å². The van der Waals surface area contributed by atoms with E-state index >= 15 is 0 Å². The highest BCUT2D eigenvalue weighted by molar-refractivity contribution is 5.79. The van der Waals surface area contributed by atoms with Gasteiger partial charge in [-0.1, -0.05) is 18.2 Å². The lowest BCUT2D eigenvalue weighted by molar-refractivity contribution is 0.143. The number of hydrogen-bond acceptors (Lipinski definition) is 3. The average molecular weight is 361 g/mol. The summed E-state index contributed by atoms with van der Waals surface area (Å²) in [7, 11) is 2.08. The van der Waals surface area contributed by atoms with E-state index in [1.165, 1.54) is 25.9 Å². The van der Waals surface area contributed by atoms with Crippen LogP contribution in [0, 0.1) is 5.92 Å². The predicted molar refractivity (Wildman–Crippen MR) is 110 cm³/mol. The van der Waals surface area contributed by atoms with Crippen molar-refractivity contribution in [3.8, 4) is 5.75 Å². The number of nitrogens with one attached hydrogen (secondary N) is 1. The van der Waals surface area contributed by atoms with Gasteiger partial charge in [0, 0.05) is 32.7 Å². The molecular formula is C21H36N4O. The molecule has 1 N–H and O–H groups in total. The van der Waals surface area contributed by atoms with E-state index in [0.717, 1.165) is 31.3 Å². The van der Waals surface area contributed by atoms with Crippen LogP contribution < -0.4 is 10.1 Å². The summed E-state index contributed by atoms with van der Waals surface area (Å²) >= 11 is 0. The first-order valence-corrected chi connectivity index (χ1v) is 10.0. The maximum atomic E-state index is 5.81. The van der Waals surface area contributed by atoms with Gasteiger partial charge in [0.2, 0.25) is 0 Å². The quantitative estimate of drug-likeness (QED) is 0.571. The first-order chi connectivity index (χ1) is 12.6. The fourth-order valence-electron chi connectivity index (χ4n) is 3.32. The monoisotopic (exact) mass is 360 g/mol. The summed E-state index contributed by atoms with van der Waals surface area (Å²) in [5.41, 5.74) is 0. The lowest BCUT2D eigenvalue weighted by Crippen LogP contribution is -2.43. The Morgan fingerprint density at radius 2 is 2.12 bits per heavy atom. The van der Waals surface area contributed by atoms with E-state index in [9.17, 15) is 0 Å². The summed E-state index contributed by atoms with van der Waals surface area (Å²) in [5.74, 6) is 2.55. The topological polar surface area (TPSA) is 40.1 Å². The molecular weight excluding hydrogens is 324 g/mol. The molecule has 1 saturated heterocycles. The number of benzene rings is 1. The second kappa shape index (κ2) is 11.1. The lowest BCUT2D eigenvalue weighted by Gasteiger charge is -2.35. The lowest BCUT2D eigenvalue weighted by atomic mass is 9.97. The Labute approximate surface area is 159 Å². The third kappa shape index (κ3) is 6.87. The van der Waals surface area contributed by atoms with E-state index in [0.29, 0.717) is 18.6 Å². The van der Waals surface area contributed by atoms with Crippen molar-refractivity contribution in [1.29, 1.82) is 0 Å². The van der Waals surface area contributed by atoms with Crippen molar-refractivity contribution in [1.82, 2.24) is 15.1 Å². The van der Waals surface area contributed by atoms with E-state index < -0.39 is 0 Å². The van der Waals surface area contributed by atoms with Crippen LogP contribution in [0.1, 0.15) is 33.6 Å². The Bertz CT molecular complexity index is 532. The normalized spacial score (nSPS) is 18.8. The molecule has 0 aromatic heterocycles. The number of piperidine rings is 1. The third-order valence-corrected chi connectivity index (χ3v) is 4.92. The fraction of sp³-hybridized carbons (Fsp3) is 0.667. The third-order valence-electron chi connectivity index (χ3n) is 4.92. The van der Waals surface area contributed by atoms with Crippen molar-refractivity contribution in [2.24, 2.45) is 10.9 Å². The minimum absolute atomic E-state index is 0.632. The fourth-order valence-corrected chi connectivity index (χ4v) is 3.32. The van der Waals surface area contributed by atoms with Gasteiger partial charge in [-0.15, -0.1) is 0 Å². The molecule has 2 rings (SSSR count). The van der Waals surface area contributed by atoms with Crippen molar-refractivity contribution in [3.63, 3.8) is 0 Å². The second-order valence-electron chi connectivity index (χ2n) is 7.37. The minimum Gasteiger partial charge on any atom is -0.492 e. The van der Waals surface area contributed by atoms with Crippen molar-refractivity contribution >= 4 is 5.96 Å². The maximum Gasteiger partial charge on any atom is 0.193 e. The molecule has 5 nitrogen and oxygen atoms in total. The van der Waals surface area contributed by atoms with Crippen molar-refractivity contribution in [2.75, 3.05) is 46.4 Å². The number of rotatable bonds is 8. The largest absolute Gasteiger partial charge is 0.492 e. The van der Waals surface area contributed by atoms with Crippen LogP contribution in [0.2, 0.25) is 0 Å². The van der Waals surface area contributed by atoms with Crippen LogP contribution in [-0.2, 0) is 0 Å². The minimum atomic E-state index is 0.632. The van der Waals surface area contributed by atoms with Crippen LogP contribution in [0.5, 0.6) is 5.75 Å². The molecule has 1 aliphatic heterocycles. The first kappa shape index (κ1) is 20.6. The molecule has 0 bridgehead atoms. The number of likely N-dealkylation sites (tertiary alicyclic amines) is 1. The summed E-state index contributed by atoms with van der Waals surface area (Å²) < 4.78 is 5.81. The molecule has 146 valence electrons. The molecule has 0 spiro atoms. The Kier molecular flexibility index (Phi) is 8.75. The van der Waals surface area contributed by atoms with E-state index in [2.05, 4.69) is 42.9 Å². The molecule has 0 radical (unpaired) electrons. The summed E-state index contributed by atoms with van der Waals surface area (Å²) in [6.07, 6.45) is 2.57. The zero-order chi connectivity index (χ0) is 18.8.